The van der Waals surface area contributed by atoms with Gasteiger partial charge in [-0.1, -0.05) is 24.3 Å². The summed E-state index contributed by atoms with van der Waals surface area (Å²) in [7, 11) is 0. The number of aliphatic hydroxyl groups excluding tert-OH is 1. The average Bonchev–Trinajstić information content (AvgIpc) is 3.05. The molecular formula is C20H28N2O3. The third kappa shape index (κ3) is 4.60. The van der Waals surface area contributed by atoms with Crippen molar-refractivity contribution >= 4 is 11.8 Å². The fraction of sp³-hybridized carbons (Fsp3) is 0.600. The summed E-state index contributed by atoms with van der Waals surface area (Å²) in [5.74, 6) is 0.437. The third-order valence-corrected chi connectivity index (χ3v) is 5.41. The van der Waals surface area contributed by atoms with Gasteiger partial charge in [0.15, 0.2) is 0 Å². The van der Waals surface area contributed by atoms with Crippen molar-refractivity contribution in [2.45, 2.75) is 57.6 Å². The summed E-state index contributed by atoms with van der Waals surface area (Å²) in [6.07, 6.45) is 6.21. The molecule has 25 heavy (non-hydrogen) atoms. The maximum Gasteiger partial charge on any atom is 0.227 e. The molecule has 2 aliphatic rings. The van der Waals surface area contributed by atoms with E-state index in [1.807, 2.05) is 34.1 Å². The van der Waals surface area contributed by atoms with E-state index >= 15 is 0 Å². The van der Waals surface area contributed by atoms with E-state index in [4.69, 9.17) is 5.11 Å². The normalized spacial score (nSPS) is 21.0. The smallest absolute Gasteiger partial charge is 0.227 e. The molecule has 0 radical (unpaired) electrons. The molecule has 2 fully saturated rings. The predicted octanol–water partition coefficient (Wildman–Crippen LogP) is 2.11. The van der Waals surface area contributed by atoms with Gasteiger partial charge in [-0.05, 0) is 43.2 Å². The number of hydrogen-bond acceptors (Lipinski definition) is 3. The molecular weight excluding hydrogens is 316 g/mol. The molecule has 0 bridgehead atoms. The zero-order chi connectivity index (χ0) is 17.6. The van der Waals surface area contributed by atoms with Gasteiger partial charge in [-0.25, -0.2) is 0 Å². The Morgan fingerprint density at radius 3 is 2.52 bits per heavy atom. The van der Waals surface area contributed by atoms with Crippen molar-refractivity contribution in [1.29, 1.82) is 0 Å². The van der Waals surface area contributed by atoms with Crippen LogP contribution in [0.25, 0.3) is 0 Å². The molecule has 1 unspecified atom stereocenters. The second-order valence-corrected chi connectivity index (χ2v) is 7.16. The van der Waals surface area contributed by atoms with Crippen LogP contribution in [0.1, 0.15) is 49.7 Å². The lowest BCUT2D eigenvalue weighted by molar-refractivity contribution is -0.134. The Hall–Kier alpha value is -1.88. The van der Waals surface area contributed by atoms with Crippen molar-refractivity contribution in [1.82, 2.24) is 9.80 Å². The summed E-state index contributed by atoms with van der Waals surface area (Å²) in [5.41, 5.74) is 1.85. The zero-order valence-corrected chi connectivity index (χ0v) is 14.8. The molecule has 2 aliphatic heterocycles. The van der Waals surface area contributed by atoms with Crippen LogP contribution in [-0.4, -0.2) is 52.4 Å². The van der Waals surface area contributed by atoms with Gasteiger partial charge in [0.05, 0.1) is 13.0 Å². The second kappa shape index (κ2) is 8.48. The lowest BCUT2D eigenvalue weighted by atomic mass is 9.97. The quantitative estimate of drug-likeness (QED) is 0.860. The fourth-order valence-electron chi connectivity index (χ4n) is 3.91. The first-order chi connectivity index (χ1) is 12.2. The first kappa shape index (κ1) is 17.9. The van der Waals surface area contributed by atoms with Crippen LogP contribution in [0.3, 0.4) is 0 Å². The van der Waals surface area contributed by atoms with Crippen LogP contribution >= 0.6 is 0 Å². The van der Waals surface area contributed by atoms with Crippen molar-refractivity contribution in [2.75, 3.05) is 19.6 Å². The van der Waals surface area contributed by atoms with Crippen LogP contribution in [0.15, 0.2) is 24.3 Å². The summed E-state index contributed by atoms with van der Waals surface area (Å²) in [6, 6.07) is 7.84. The largest absolute Gasteiger partial charge is 0.392 e. The first-order valence-electron chi connectivity index (χ1n) is 9.43. The van der Waals surface area contributed by atoms with Crippen LogP contribution in [0.2, 0.25) is 0 Å². The molecule has 136 valence electrons. The maximum atomic E-state index is 12.8. The van der Waals surface area contributed by atoms with Crippen LogP contribution in [0.4, 0.5) is 0 Å². The number of piperidine rings is 1. The van der Waals surface area contributed by atoms with Crippen LogP contribution in [0, 0.1) is 0 Å². The van der Waals surface area contributed by atoms with Gasteiger partial charge in [-0.15, -0.1) is 0 Å². The standard InChI is InChI=1S/C20H28N2O3/c23-15-17-8-6-16(7-9-17)14-20(25)22-12-2-1-4-18(22)10-13-21-11-3-5-19(21)24/h6-9,18,23H,1-5,10-15H2. The number of likely N-dealkylation sites (tertiary alicyclic amines) is 2. The van der Waals surface area contributed by atoms with Crippen molar-refractivity contribution in [3.05, 3.63) is 35.4 Å². The Bertz CT molecular complexity index is 599. The van der Waals surface area contributed by atoms with Gasteiger partial charge in [0.25, 0.3) is 0 Å². The highest BCUT2D eigenvalue weighted by Gasteiger charge is 2.28. The van der Waals surface area contributed by atoms with Crippen molar-refractivity contribution in [3.8, 4) is 0 Å². The Morgan fingerprint density at radius 1 is 1.08 bits per heavy atom. The number of amides is 2. The highest BCUT2D eigenvalue weighted by atomic mass is 16.3. The molecule has 5 heteroatoms. The maximum absolute atomic E-state index is 12.8. The first-order valence-corrected chi connectivity index (χ1v) is 9.43. The van der Waals surface area contributed by atoms with Crippen molar-refractivity contribution in [2.24, 2.45) is 0 Å². The molecule has 0 saturated carbocycles. The van der Waals surface area contributed by atoms with Crippen molar-refractivity contribution < 1.29 is 14.7 Å². The number of carbonyl (C=O) groups is 2. The second-order valence-electron chi connectivity index (χ2n) is 7.16. The molecule has 0 spiro atoms. The summed E-state index contributed by atoms with van der Waals surface area (Å²) >= 11 is 0. The minimum absolute atomic E-state index is 0.0254. The molecule has 5 nitrogen and oxygen atoms in total. The summed E-state index contributed by atoms with van der Waals surface area (Å²) < 4.78 is 0. The summed E-state index contributed by atoms with van der Waals surface area (Å²) in [5, 5.41) is 9.11. The van der Waals surface area contributed by atoms with Gasteiger partial charge < -0.3 is 14.9 Å². The average molecular weight is 344 g/mol. The number of nitrogens with zero attached hydrogens (tertiary/aromatic N) is 2. The van der Waals surface area contributed by atoms with Gasteiger partial charge in [0.1, 0.15) is 0 Å². The predicted molar refractivity (Wildman–Crippen MR) is 95.9 cm³/mol. The number of rotatable bonds is 6. The number of carbonyl (C=O) groups excluding carboxylic acids is 2. The molecule has 0 aromatic heterocycles. The Labute approximate surface area is 149 Å². The minimum atomic E-state index is 0.0254. The third-order valence-electron chi connectivity index (χ3n) is 5.41. The Balaban J connectivity index is 1.57. The van der Waals surface area contributed by atoms with Gasteiger partial charge in [-0.3, -0.25) is 9.59 Å². The molecule has 2 saturated heterocycles. The topological polar surface area (TPSA) is 60.9 Å². The van der Waals surface area contributed by atoms with E-state index < -0.39 is 0 Å². The SMILES string of the molecule is O=C1CCCN1CCC1CCCCN1C(=O)Cc1ccc(CO)cc1. The van der Waals surface area contributed by atoms with Crippen LogP contribution in [0.5, 0.6) is 0 Å². The minimum Gasteiger partial charge on any atom is -0.392 e. The Morgan fingerprint density at radius 2 is 1.84 bits per heavy atom. The number of aliphatic hydroxyl groups is 1. The highest BCUT2D eigenvalue weighted by molar-refractivity contribution is 5.79. The van der Waals surface area contributed by atoms with Crippen molar-refractivity contribution in [3.63, 3.8) is 0 Å². The molecule has 2 heterocycles. The summed E-state index contributed by atoms with van der Waals surface area (Å²) in [6.45, 7) is 2.50. The van der Waals surface area contributed by atoms with Crippen LogP contribution < -0.4 is 0 Å². The van der Waals surface area contributed by atoms with E-state index in [0.29, 0.717) is 12.8 Å². The van der Waals surface area contributed by atoms with E-state index in [1.54, 1.807) is 0 Å². The van der Waals surface area contributed by atoms with E-state index in [9.17, 15) is 9.59 Å². The lowest BCUT2D eigenvalue weighted by Crippen LogP contribution is -2.46. The zero-order valence-electron chi connectivity index (χ0n) is 14.8. The van der Waals surface area contributed by atoms with Gasteiger partial charge in [-0.2, -0.15) is 0 Å². The van der Waals surface area contributed by atoms with E-state index in [1.165, 1.54) is 0 Å². The monoisotopic (exact) mass is 344 g/mol. The van der Waals surface area contributed by atoms with Crippen LogP contribution in [-0.2, 0) is 22.6 Å². The fourth-order valence-corrected chi connectivity index (χ4v) is 3.91. The number of hydrogen-bond donors (Lipinski definition) is 1. The molecule has 1 aromatic carbocycles. The molecule has 3 rings (SSSR count). The van der Waals surface area contributed by atoms with Gasteiger partial charge in [0, 0.05) is 32.1 Å². The summed E-state index contributed by atoms with van der Waals surface area (Å²) in [4.78, 5) is 28.6. The van der Waals surface area contributed by atoms with Gasteiger partial charge >= 0.3 is 0 Å². The van der Waals surface area contributed by atoms with Gasteiger partial charge in [0.2, 0.25) is 11.8 Å². The highest BCUT2D eigenvalue weighted by Crippen LogP contribution is 2.22. The lowest BCUT2D eigenvalue weighted by Gasteiger charge is -2.37. The van der Waals surface area contributed by atoms with E-state index in [2.05, 4.69) is 0 Å². The molecule has 1 atom stereocenters. The molecule has 0 aliphatic carbocycles. The van der Waals surface area contributed by atoms with E-state index in [-0.39, 0.29) is 24.5 Å². The van der Waals surface area contributed by atoms with E-state index in [0.717, 1.165) is 62.9 Å². The molecule has 2 amide bonds. The molecule has 1 aromatic rings. The number of benzene rings is 1. The molecule has 1 N–H and O–H groups in total. The Kier molecular flexibility index (Phi) is 6.08.